The maximum Gasteiger partial charge on any atom is 0.208 e. The molecule has 7 heteroatoms. The standard InChI is InChI=1S/C15H26N4O2S/c1-13-8-5-6-9-14(13)12-19(3)15(16-2)17-10-7-11-18-22(4,20)21/h5-6,8-9,18H,7,10-12H2,1-4H3,(H,16,17). The van der Waals surface area contributed by atoms with Crippen molar-refractivity contribution in [1.82, 2.24) is 14.9 Å². The first-order valence-corrected chi connectivity index (χ1v) is 9.13. The third kappa shape index (κ3) is 6.91. The van der Waals surface area contributed by atoms with Crippen molar-refractivity contribution in [2.75, 3.05) is 33.4 Å². The number of guanidine groups is 1. The van der Waals surface area contributed by atoms with Crippen LogP contribution in [0.2, 0.25) is 0 Å². The van der Waals surface area contributed by atoms with Gasteiger partial charge in [-0.15, -0.1) is 0 Å². The molecule has 6 nitrogen and oxygen atoms in total. The van der Waals surface area contributed by atoms with Crippen molar-refractivity contribution in [2.24, 2.45) is 4.99 Å². The highest BCUT2D eigenvalue weighted by atomic mass is 32.2. The highest BCUT2D eigenvalue weighted by Gasteiger charge is 2.07. The van der Waals surface area contributed by atoms with Crippen LogP contribution in [0, 0.1) is 6.92 Å². The molecule has 0 aliphatic carbocycles. The second-order valence-corrected chi connectivity index (χ2v) is 7.11. The third-order valence-electron chi connectivity index (χ3n) is 3.24. The van der Waals surface area contributed by atoms with E-state index in [1.807, 2.05) is 24.1 Å². The van der Waals surface area contributed by atoms with Gasteiger partial charge in [-0.3, -0.25) is 4.99 Å². The number of nitrogens with zero attached hydrogens (tertiary/aromatic N) is 2. The average molecular weight is 326 g/mol. The molecule has 0 aliphatic heterocycles. The number of rotatable bonds is 7. The molecule has 1 aromatic rings. The molecule has 0 saturated heterocycles. The van der Waals surface area contributed by atoms with Gasteiger partial charge < -0.3 is 10.2 Å². The number of benzene rings is 1. The lowest BCUT2D eigenvalue weighted by Gasteiger charge is -2.23. The molecule has 0 unspecified atom stereocenters. The van der Waals surface area contributed by atoms with E-state index in [9.17, 15) is 8.42 Å². The van der Waals surface area contributed by atoms with Gasteiger partial charge in [0.1, 0.15) is 0 Å². The van der Waals surface area contributed by atoms with Crippen LogP contribution in [0.15, 0.2) is 29.3 Å². The molecule has 0 radical (unpaired) electrons. The summed E-state index contributed by atoms with van der Waals surface area (Å²) in [5.41, 5.74) is 2.51. The second-order valence-electron chi connectivity index (χ2n) is 5.28. The third-order valence-corrected chi connectivity index (χ3v) is 3.97. The molecule has 22 heavy (non-hydrogen) atoms. The smallest absolute Gasteiger partial charge is 0.208 e. The molecule has 2 N–H and O–H groups in total. The number of nitrogens with one attached hydrogen (secondary N) is 2. The predicted molar refractivity (Wildman–Crippen MR) is 91.5 cm³/mol. The number of hydrogen-bond donors (Lipinski definition) is 2. The maximum absolute atomic E-state index is 11.0. The number of aliphatic imine (C=N–C) groups is 1. The SMILES string of the molecule is CN=C(NCCCNS(C)(=O)=O)N(C)Cc1ccccc1C. The van der Waals surface area contributed by atoms with Crippen LogP contribution >= 0.6 is 0 Å². The predicted octanol–water partition coefficient (Wildman–Crippen LogP) is 0.942. The maximum atomic E-state index is 11.0. The van der Waals surface area contributed by atoms with Crippen LogP contribution in [-0.4, -0.2) is 52.7 Å². The molecular formula is C15H26N4O2S. The zero-order valence-corrected chi connectivity index (χ0v) is 14.6. The molecule has 0 bridgehead atoms. The summed E-state index contributed by atoms with van der Waals surface area (Å²) in [5.74, 6) is 0.794. The van der Waals surface area contributed by atoms with Gasteiger partial charge in [0.25, 0.3) is 0 Å². The zero-order valence-electron chi connectivity index (χ0n) is 13.8. The lowest BCUT2D eigenvalue weighted by atomic mass is 10.1. The Morgan fingerprint density at radius 1 is 1.27 bits per heavy atom. The normalized spacial score (nSPS) is 12.3. The Morgan fingerprint density at radius 3 is 2.55 bits per heavy atom. The van der Waals surface area contributed by atoms with Crippen LogP contribution < -0.4 is 10.0 Å². The highest BCUT2D eigenvalue weighted by Crippen LogP contribution is 2.09. The van der Waals surface area contributed by atoms with Gasteiger partial charge in [-0.1, -0.05) is 24.3 Å². The summed E-state index contributed by atoms with van der Waals surface area (Å²) in [6.45, 7) is 3.95. The molecule has 0 spiro atoms. The Balaban J connectivity index is 2.42. The van der Waals surface area contributed by atoms with E-state index in [0.29, 0.717) is 19.5 Å². The molecule has 124 valence electrons. The second kappa shape index (κ2) is 8.75. The lowest BCUT2D eigenvalue weighted by molar-refractivity contribution is 0.474. The number of sulfonamides is 1. The zero-order chi connectivity index (χ0) is 16.6. The molecule has 1 rings (SSSR count). The molecule has 1 aromatic carbocycles. The molecule has 0 atom stereocenters. The topological polar surface area (TPSA) is 73.8 Å². The van der Waals surface area contributed by atoms with E-state index in [4.69, 9.17) is 0 Å². The molecule has 0 amide bonds. The minimum absolute atomic E-state index is 0.421. The van der Waals surface area contributed by atoms with Crippen molar-refractivity contribution in [1.29, 1.82) is 0 Å². The molecule has 0 aliphatic rings. The van der Waals surface area contributed by atoms with Crippen LogP contribution in [-0.2, 0) is 16.6 Å². The van der Waals surface area contributed by atoms with Crippen LogP contribution in [0.25, 0.3) is 0 Å². The number of aryl methyl sites for hydroxylation is 1. The van der Waals surface area contributed by atoms with Gasteiger partial charge in [-0.2, -0.15) is 0 Å². The van der Waals surface area contributed by atoms with Crippen LogP contribution in [0.1, 0.15) is 17.5 Å². The molecule has 0 heterocycles. The molecule has 0 fully saturated rings. The van der Waals surface area contributed by atoms with Crippen LogP contribution in [0.4, 0.5) is 0 Å². The van der Waals surface area contributed by atoms with E-state index in [-0.39, 0.29) is 0 Å². The van der Waals surface area contributed by atoms with Crippen molar-refractivity contribution in [3.63, 3.8) is 0 Å². The van der Waals surface area contributed by atoms with Crippen molar-refractivity contribution >= 4 is 16.0 Å². The van der Waals surface area contributed by atoms with E-state index in [0.717, 1.165) is 18.8 Å². The van der Waals surface area contributed by atoms with Gasteiger partial charge in [0.2, 0.25) is 10.0 Å². The van der Waals surface area contributed by atoms with Crippen LogP contribution in [0.5, 0.6) is 0 Å². The van der Waals surface area contributed by atoms with E-state index >= 15 is 0 Å². The average Bonchev–Trinajstić information content (AvgIpc) is 2.44. The number of hydrogen-bond acceptors (Lipinski definition) is 3. The minimum Gasteiger partial charge on any atom is -0.356 e. The monoisotopic (exact) mass is 326 g/mol. The van der Waals surface area contributed by atoms with Gasteiger partial charge in [0.05, 0.1) is 6.26 Å². The van der Waals surface area contributed by atoms with Gasteiger partial charge >= 0.3 is 0 Å². The van der Waals surface area contributed by atoms with E-state index in [2.05, 4.69) is 34.1 Å². The fraction of sp³-hybridized carbons (Fsp3) is 0.533. The summed E-state index contributed by atoms with van der Waals surface area (Å²) in [7, 11) is 0.614. The van der Waals surface area contributed by atoms with Crippen molar-refractivity contribution < 1.29 is 8.42 Å². The Kier molecular flexibility index (Phi) is 7.34. The summed E-state index contributed by atoms with van der Waals surface area (Å²) < 4.78 is 24.4. The van der Waals surface area contributed by atoms with E-state index < -0.39 is 10.0 Å². The van der Waals surface area contributed by atoms with Gasteiger partial charge in [0, 0.05) is 33.7 Å². The van der Waals surface area contributed by atoms with Crippen molar-refractivity contribution in [3.8, 4) is 0 Å². The highest BCUT2D eigenvalue weighted by molar-refractivity contribution is 7.88. The molecule has 0 aromatic heterocycles. The first-order chi connectivity index (χ1) is 10.3. The van der Waals surface area contributed by atoms with E-state index in [1.165, 1.54) is 11.1 Å². The van der Waals surface area contributed by atoms with Gasteiger partial charge in [0.15, 0.2) is 5.96 Å². The van der Waals surface area contributed by atoms with E-state index in [1.54, 1.807) is 7.05 Å². The summed E-state index contributed by atoms with van der Waals surface area (Å²) in [5, 5.41) is 3.24. The Labute approximate surface area is 133 Å². The van der Waals surface area contributed by atoms with Gasteiger partial charge in [-0.05, 0) is 24.5 Å². The summed E-state index contributed by atoms with van der Waals surface area (Å²) in [6, 6.07) is 8.26. The summed E-state index contributed by atoms with van der Waals surface area (Å²) >= 11 is 0. The van der Waals surface area contributed by atoms with Crippen molar-refractivity contribution in [2.45, 2.75) is 19.9 Å². The first-order valence-electron chi connectivity index (χ1n) is 7.24. The summed E-state index contributed by atoms with van der Waals surface area (Å²) in [4.78, 5) is 6.30. The molecular weight excluding hydrogens is 300 g/mol. The first kappa shape index (κ1) is 18.4. The fourth-order valence-corrected chi connectivity index (χ4v) is 2.56. The largest absolute Gasteiger partial charge is 0.356 e. The lowest BCUT2D eigenvalue weighted by Crippen LogP contribution is -2.39. The van der Waals surface area contributed by atoms with Crippen LogP contribution in [0.3, 0.4) is 0 Å². The summed E-state index contributed by atoms with van der Waals surface area (Å²) in [6.07, 6.45) is 1.86. The van der Waals surface area contributed by atoms with Crippen molar-refractivity contribution in [3.05, 3.63) is 35.4 Å². The Morgan fingerprint density at radius 2 is 1.95 bits per heavy atom. The Hall–Kier alpha value is -1.60. The quantitative estimate of drug-likeness (QED) is 0.444. The Bertz CT molecular complexity index is 599. The van der Waals surface area contributed by atoms with Gasteiger partial charge in [-0.25, -0.2) is 13.1 Å². The minimum atomic E-state index is -3.11. The molecule has 0 saturated carbocycles. The fourth-order valence-electron chi connectivity index (χ4n) is 2.05.